The zero-order valence-electron chi connectivity index (χ0n) is 16.5. The van der Waals surface area contributed by atoms with E-state index in [-0.39, 0.29) is 11.8 Å². The van der Waals surface area contributed by atoms with Crippen LogP contribution in [-0.4, -0.2) is 74.4 Å². The van der Waals surface area contributed by atoms with E-state index in [0.29, 0.717) is 24.9 Å². The van der Waals surface area contributed by atoms with Gasteiger partial charge >= 0.3 is 6.03 Å². The number of halogens is 1. The number of nitrogens with one attached hydrogen (secondary N) is 1. The van der Waals surface area contributed by atoms with Crippen LogP contribution in [0.4, 0.5) is 20.6 Å². The molecule has 0 spiro atoms. The van der Waals surface area contributed by atoms with Crippen molar-refractivity contribution < 1.29 is 13.9 Å². The van der Waals surface area contributed by atoms with Crippen LogP contribution in [0, 0.1) is 5.82 Å². The van der Waals surface area contributed by atoms with Crippen LogP contribution in [0.15, 0.2) is 18.2 Å². The van der Waals surface area contributed by atoms with Gasteiger partial charge in [0.25, 0.3) is 0 Å². The Morgan fingerprint density at radius 1 is 0.964 bits per heavy atom. The molecule has 6 nitrogen and oxygen atoms in total. The predicted molar refractivity (Wildman–Crippen MR) is 108 cm³/mol. The summed E-state index contributed by atoms with van der Waals surface area (Å²) in [6.07, 6.45) is 6.60. The number of hydrogen-bond donors (Lipinski definition) is 1. The van der Waals surface area contributed by atoms with Crippen molar-refractivity contribution >= 4 is 17.4 Å². The molecule has 0 radical (unpaired) electrons. The highest BCUT2D eigenvalue weighted by molar-refractivity contribution is 5.90. The van der Waals surface area contributed by atoms with Crippen molar-refractivity contribution in [2.45, 2.75) is 38.1 Å². The first-order valence-corrected chi connectivity index (χ1v) is 10.6. The molecule has 1 saturated carbocycles. The first kappa shape index (κ1) is 19.5. The third-order valence-corrected chi connectivity index (χ3v) is 6.20. The lowest BCUT2D eigenvalue weighted by molar-refractivity contribution is 0.0943. The van der Waals surface area contributed by atoms with E-state index in [0.717, 1.165) is 45.0 Å². The van der Waals surface area contributed by atoms with E-state index >= 15 is 0 Å². The highest BCUT2D eigenvalue weighted by Gasteiger charge is 2.27. The smallest absolute Gasteiger partial charge is 0.321 e. The van der Waals surface area contributed by atoms with Crippen LogP contribution in [0.5, 0.6) is 0 Å². The standard InChI is InChI=1S/C21H31FN4O2/c22-17-14-18(16-20(15-17)25-10-12-28-13-11-25)23-21(27)26-8-6-24(7-9-26)19-4-2-1-3-5-19/h14-16,19H,1-13H2,(H,23,27). The van der Waals surface area contributed by atoms with Crippen molar-refractivity contribution in [3.05, 3.63) is 24.0 Å². The van der Waals surface area contributed by atoms with Crippen molar-refractivity contribution in [2.75, 3.05) is 62.7 Å². The fourth-order valence-electron chi connectivity index (χ4n) is 4.59. The normalized spacial score (nSPS) is 22.3. The van der Waals surface area contributed by atoms with Gasteiger partial charge in [0.1, 0.15) is 5.82 Å². The minimum Gasteiger partial charge on any atom is -0.378 e. The minimum absolute atomic E-state index is 0.137. The quantitative estimate of drug-likeness (QED) is 0.861. The van der Waals surface area contributed by atoms with Gasteiger partial charge in [0, 0.05) is 56.7 Å². The average Bonchev–Trinajstić information content (AvgIpc) is 2.75. The highest BCUT2D eigenvalue weighted by Crippen LogP contribution is 2.25. The van der Waals surface area contributed by atoms with Gasteiger partial charge < -0.3 is 19.9 Å². The molecule has 2 saturated heterocycles. The molecule has 4 rings (SSSR count). The van der Waals surface area contributed by atoms with E-state index in [1.54, 1.807) is 0 Å². The summed E-state index contributed by atoms with van der Waals surface area (Å²) >= 11 is 0. The number of anilines is 2. The fraction of sp³-hybridized carbons (Fsp3) is 0.667. The number of urea groups is 1. The second-order valence-corrected chi connectivity index (χ2v) is 8.04. The van der Waals surface area contributed by atoms with E-state index in [1.165, 1.54) is 44.2 Å². The molecule has 0 aromatic heterocycles. The predicted octanol–water partition coefficient (Wildman–Crippen LogP) is 3.14. The molecule has 28 heavy (non-hydrogen) atoms. The number of carbonyl (C=O) groups excluding carboxylic acids is 1. The molecule has 0 bridgehead atoms. The van der Waals surface area contributed by atoms with Gasteiger partial charge in [0.05, 0.1) is 13.2 Å². The Balaban J connectivity index is 1.33. The molecular formula is C21H31FN4O2. The largest absolute Gasteiger partial charge is 0.378 e. The first-order valence-electron chi connectivity index (χ1n) is 10.6. The summed E-state index contributed by atoms with van der Waals surface area (Å²) in [6.45, 7) is 6.08. The van der Waals surface area contributed by atoms with Crippen LogP contribution in [0.3, 0.4) is 0 Å². The van der Waals surface area contributed by atoms with E-state index in [4.69, 9.17) is 4.74 Å². The van der Waals surface area contributed by atoms with Crippen LogP contribution in [0.1, 0.15) is 32.1 Å². The number of piperazine rings is 1. The molecule has 1 N–H and O–H groups in total. The molecule has 0 unspecified atom stereocenters. The lowest BCUT2D eigenvalue weighted by Crippen LogP contribution is -2.53. The number of ether oxygens (including phenoxy) is 1. The molecule has 2 heterocycles. The number of rotatable bonds is 3. The molecule has 2 aliphatic heterocycles. The van der Waals surface area contributed by atoms with Gasteiger partial charge in [-0.25, -0.2) is 9.18 Å². The Hall–Kier alpha value is -1.86. The van der Waals surface area contributed by atoms with Gasteiger partial charge in [0.15, 0.2) is 0 Å². The molecule has 2 amide bonds. The number of nitrogens with zero attached hydrogens (tertiary/aromatic N) is 3. The number of benzene rings is 1. The number of morpholine rings is 1. The van der Waals surface area contributed by atoms with Gasteiger partial charge in [-0.1, -0.05) is 19.3 Å². The molecule has 3 aliphatic rings. The van der Waals surface area contributed by atoms with Crippen molar-refractivity contribution in [3.63, 3.8) is 0 Å². The van der Waals surface area contributed by atoms with Crippen LogP contribution < -0.4 is 10.2 Å². The van der Waals surface area contributed by atoms with Crippen LogP contribution in [0.25, 0.3) is 0 Å². The third-order valence-electron chi connectivity index (χ3n) is 6.20. The first-order chi connectivity index (χ1) is 13.7. The second kappa shape index (κ2) is 9.09. The molecule has 3 fully saturated rings. The van der Waals surface area contributed by atoms with Crippen LogP contribution in [-0.2, 0) is 4.74 Å². The number of hydrogen-bond acceptors (Lipinski definition) is 4. The monoisotopic (exact) mass is 390 g/mol. The van der Waals surface area contributed by atoms with Crippen molar-refractivity contribution in [2.24, 2.45) is 0 Å². The summed E-state index contributed by atoms with van der Waals surface area (Å²) in [6, 6.07) is 5.31. The van der Waals surface area contributed by atoms with Gasteiger partial charge in [-0.15, -0.1) is 0 Å². The lowest BCUT2D eigenvalue weighted by atomic mass is 9.94. The third kappa shape index (κ3) is 4.75. The Kier molecular flexibility index (Phi) is 6.32. The Bertz CT molecular complexity index is 666. The van der Waals surface area contributed by atoms with Crippen LogP contribution in [0.2, 0.25) is 0 Å². The van der Waals surface area contributed by atoms with E-state index in [9.17, 15) is 9.18 Å². The summed E-state index contributed by atoms with van der Waals surface area (Å²) in [5, 5.41) is 2.90. The summed E-state index contributed by atoms with van der Waals surface area (Å²) in [5.74, 6) is -0.332. The molecule has 154 valence electrons. The van der Waals surface area contributed by atoms with E-state index in [2.05, 4.69) is 15.1 Å². The van der Waals surface area contributed by atoms with Crippen molar-refractivity contribution in [1.29, 1.82) is 0 Å². The Morgan fingerprint density at radius 3 is 2.39 bits per heavy atom. The van der Waals surface area contributed by atoms with E-state index in [1.807, 2.05) is 11.0 Å². The SMILES string of the molecule is O=C(Nc1cc(F)cc(N2CCOCC2)c1)N1CCN(C2CCCCC2)CC1. The Morgan fingerprint density at radius 2 is 1.68 bits per heavy atom. The summed E-state index contributed by atoms with van der Waals surface area (Å²) in [4.78, 5) is 19.2. The summed E-state index contributed by atoms with van der Waals surface area (Å²) in [5.41, 5.74) is 1.31. The van der Waals surface area contributed by atoms with E-state index < -0.39 is 0 Å². The molecule has 1 aliphatic carbocycles. The van der Waals surface area contributed by atoms with Gasteiger partial charge in [0.2, 0.25) is 0 Å². The highest BCUT2D eigenvalue weighted by atomic mass is 19.1. The Labute approximate surface area is 166 Å². The number of carbonyl (C=O) groups is 1. The second-order valence-electron chi connectivity index (χ2n) is 8.04. The zero-order valence-corrected chi connectivity index (χ0v) is 16.5. The molecule has 1 aromatic carbocycles. The summed E-state index contributed by atoms with van der Waals surface area (Å²) < 4.78 is 19.5. The molecule has 7 heteroatoms. The van der Waals surface area contributed by atoms with Crippen LogP contribution >= 0.6 is 0 Å². The van der Waals surface area contributed by atoms with Gasteiger partial charge in [-0.05, 0) is 31.0 Å². The minimum atomic E-state index is -0.332. The van der Waals surface area contributed by atoms with Gasteiger partial charge in [-0.2, -0.15) is 0 Å². The molecule has 0 atom stereocenters. The maximum Gasteiger partial charge on any atom is 0.321 e. The average molecular weight is 391 g/mol. The summed E-state index contributed by atoms with van der Waals surface area (Å²) in [7, 11) is 0. The number of amides is 2. The maximum atomic E-state index is 14.1. The van der Waals surface area contributed by atoms with Gasteiger partial charge in [-0.3, -0.25) is 4.90 Å². The fourth-order valence-corrected chi connectivity index (χ4v) is 4.59. The zero-order chi connectivity index (χ0) is 19.3. The topological polar surface area (TPSA) is 48.1 Å². The van der Waals surface area contributed by atoms with Crippen molar-refractivity contribution in [3.8, 4) is 0 Å². The maximum absolute atomic E-state index is 14.1. The molecular weight excluding hydrogens is 359 g/mol. The van der Waals surface area contributed by atoms with Crippen molar-refractivity contribution in [1.82, 2.24) is 9.80 Å². The molecule has 1 aromatic rings. The lowest BCUT2D eigenvalue weighted by Gasteiger charge is -2.40.